The van der Waals surface area contributed by atoms with E-state index in [1.807, 2.05) is 13.8 Å². The molecule has 0 saturated carbocycles. The van der Waals surface area contributed by atoms with E-state index in [9.17, 15) is 4.79 Å². The van der Waals surface area contributed by atoms with Gasteiger partial charge in [0.15, 0.2) is 0 Å². The van der Waals surface area contributed by atoms with E-state index in [2.05, 4.69) is 0 Å². The van der Waals surface area contributed by atoms with Crippen LogP contribution in [-0.4, -0.2) is 30.8 Å². The fourth-order valence-electron chi connectivity index (χ4n) is 1.41. The third-order valence-electron chi connectivity index (χ3n) is 2.83. The highest BCUT2D eigenvalue weighted by atomic mass is 16.6. The number of esters is 1. The molecule has 0 spiro atoms. The molecule has 2 N–H and O–H groups in total. The second-order valence-corrected chi connectivity index (χ2v) is 3.75. The molecular weight excluding hydrogens is 182 g/mol. The monoisotopic (exact) mass is 201 g/mol. The summed E-state index contributed by atoms with van der Waals surface area (Å²) in [7, 11) is 0. The molecule has 1 rings (SSSR count). The molecule has 0 aliphatic carbocycles. The van der Waals surface area contributed by atoms with Crippen molar-refractivity contribution in [1.82, 2.24) is 0 Å². The van der Waals surface area contributed by atoms with Crippen LogP contribution in [0.25, 0.3) is 0 Å². The Labute approximate surface area is 84.7 Å². The molecule has 14 heavy (non-hydrogen) atoms. The van der Waals surface area contributed by atoms with Gasteiger partial charge >= 0.3 is 5.97 Å². The molecule has 1 unspecified atom stereocenters. The highest BCUT2D eigenvalue weighted by molar-refractivity contribution is 5.80. The minimum atomic E-state index is -0.817. The number of hydrogen-bond acceptors (Lipinski definition) is 4. The first-order chi connectivity index (χ1) is 6.62. The maximum atomic E-state index is 11.7. The molecule has 0 aromatic rings. The SMILES string of the molecule is CCC(N)(CC)C(=O)OC1CCOC1. The average Bonchev–Trinajstić information content (AvgIpc) is 2.69. The van der Waals surface area contributed by atoms with Crippen LogP contribution in [0, 0.1) is 0 Å². The summed E-state index contributed by atoms with van der Waals surface area (Å²) in [6.07, 6.45) is 1.91. The van der Waals surface area contributed by atoms with Crippen LogP contribution >= 0.6 is 0 Å². The van der Waals surface area contributed by atoms with Crippen LogP contribution in [0.5, 0.6) is 0 Å². The molecule has 0 aromatic carbocycles. The Kier molecular flexibility index (Phi) is 3.89. The minimum absolute atomic E-state index is 0.0940. The van der Waals surface area contributed by atoms with Gasteiger partial charge < -0.3 is 15.2 Å². The highest BCUT2D eigenvalue weighted by Gasteiger charge is 2.34. The van der Waals surface area contributed by atoms with Gasteiger partial charge in [-0.15, -0.1) is 0 Å². The molecular formula is C10H19NO3. The normalized spacial score (nSPS) is 22.4. The lowest BCUT2D eigenvalue weighted by Crippen LogP contribution is -2.49. The van der Waals surface area contributed by atoms with E-state index in [1.54, 1.807) is 0 Å². The summed E-state index contributed by atoms with van der Waals surface area (Å²) in [5, 5.41) is 0. The van der Waals surface area contributed by atoms with E-state index >= 15 is 0 Å². The summed E-state index contributed by atoms with van der Waals surface area (Å²) < 4.78 is 10.4. The summed E-state index contributed by atoms with van der Waals surface area (Å²) in [5.41, 5.74) is 5.09. The van der Waals surface area contributed by atoms with Crippen LogP contribution in [0.4, 0.5) is 0 Å². The molecule has 0 aromatic heterocycles. The maximum absolute atomic E-state index is 11.7. The van der Waals surface area contributed by atoms with Gasteiger partial charge in [0.2, 0.25) is 0 Å². The average molecular weight is 201 g/mol. The third kappa shape index (κ3) is 2.45. The lowest BCUT2D eigenvalue weighted by molar-refractivity contribution is -0.156. The van der Waals surface area contributed by atoms with Crippen molar-refractivity contribution < 1.29 is 14.3 Å². The fourth-order valence-corrected chi connectivity index (χ4v) is 1.41. The fraction of sp³-hybridized carbons (Fsp3) is 0.900. The molecule has 0 bridgehead atoms. The van der Waals surface area contributed by atoms with Crippen molar-refractivity contribution in [1.29, 1.82) is 0 Å². The van der Waals surface area contributed by atoms with Gasteiger partial charge in [-0.1, -0.05) is 13.8 Å². The Hall–Kier alpha value is -0.610. The van der Waals surface area contributed by atoms with Gasteiger partial charge in [-0.3, -0.25) is 4.79 Å². The smallest absolute Gasteiger partial charge is 0.326 e. The van der Waals surface area contributed by atoms with Gasteiger partial charge in [-0.25, -0.2) is 0 Å². The summed E-state index contributed by atoms with van der Waals surface area (Å²) in [4.78, 5) is 11.7. The topological polar surface area (TPSA) is 61.6 Å². The van der Waals surface area contributed by atoms with E-state index in [4.69, 9.17) is 15.2 Å². The van der Waals surface area contributed by atoms with Gasteiger partial charge in [0, 0.05) is 6.42 Å². The van der Waals surface area contributed by atoms with Crippen LogP contribution in [0.1, 0.15) is 33.1 Å². The third-order valence-corrected chi connectivity index (χ3v) is 2.83. The molecule has 4 heteroatoms. The molecule has 0 amide bonds. The van der Waals surface area contributed by atoms with E-state index in [0.29, 0.717) is 26.1 Å². The Bertz CT molecular complexity index is 196. The number of carbonyl (C=O) groups excluding carboxylic acids is 1. The van der Waals surface area contributed by atoms with Crippen molar-refractivity contribution >= 4 is 5.97 Å². The van der Waals surface area contributed by atoms with Crippen LogP contribution in [0.15, 0.2) is 0 Å². The summed E-state index contributed by atoms with van der Waals surface area (Å²) >= 11 is 0. The first kappa shape index (κ1) is 11.5. The van der Waals surface area contributed by atoms with Crippen LogP contribution in [0.3, 0.4) is 0 Å². The van der Waals surface area contributed by atoms with Gasteiger partial charge in [0.05, 0.1) is 13.2 Å². The molecule has 0 radical (unpaired) electrons. The number of carbonyl (C=O) groups is 1. The second kappa shape index (κ2) is 4.75. The minimum Gasteiger partial charge on any atom is -0.458 e. The van der Waals surface area contributed by atoms with Crippen molar-refractivity contribution in [3.8, 4) is 0 Å². The first-order valence-corrected chi connectivity index (χ1v) is 5.20. The first-order valence-electron chi connectivity index (χ1n) is 5.20. The van der Waals surface area contributed by atoms with Crippen molar-refractivity contribution in [3.63, 3.8) is 0 Å². The zero-order chi connectivity index (χ0) is 10.6. The van der Waals surface area contributed by atoms with Gasteiger partial charge in [0.25, 0.3) is 0 Å². The molecule has 1 atom stereocenters. The number of ether oxygens (including phenoxy) is 2. The van der Waals surface area contributed by atoms with Crippen molar-refractivity contribution in [2.45, 2.75) is 44.8 Å². The van der Waals surface area contributed by atoms with E-state index in [-0.39, 0.29) is 12.1 Å². The largest absolute Gasteiger partial charge is 0.458 e. The molecule has 1 heterocycles. The predicted octanol–water partition coefficient (Wildman–Crippen LogP) is 0.836. The van der Waals surface area contributed by atoms with Gasteiger partial charge in [-0.05, 0) is 12.8 Å². The van der Waals surface area contributed by atoms with Crippen LogP contribution < -0.4 is 5.73 Å². The Morgan fingerprint density at radius 1 is 1.57 bits per heavy atom. The highest BCUT2D eigenvalue weighted by Crippen LogP contribution is 2.17. The second-order valence-electron chi connectivity index (χ2n) is 3.75. The van der Waals surface area contributed by atoms with Gasteiger partial charge in [0.1, 0.15) is 11.6 Å². The molecule has 4 nitrogen and oxygen atoms in total. The summed E-state index contributed by atoms with van der Waals surface area (Å²) in [5.74, 6) is -0.294. The summed E-state index contributed by atoms with van der Waals surface area (Å²) in [6.45, 7) is 4.98. The van der Waals surface area contributed by atoms with Crippen molar-refractivity contribution in [3.05, 3.63) is 0 Å². The molecule has 1 fully saturated rings. The molecule has 1 aliphatic rings. The number of nitrogens with two attached hydrogens (primary N) is 1. The Morgan fingerprint density at radius 2 is 2.21 bits per heavy atom. The van der Waals surface area contributed by atoms with Crippen molar-refractivity contribution in [2.24, 2.45) is 5.73 Å². The maximum Gasteiger partial charge on any atom is 0.326 e. The van der Waals surface area contributed by atoms with E-state index in [0.717, 1.165) is 6.42 Å². The van der Waals surface area contributed by atoms with E-state index < -0.39 is 5.54 Å². The Morgan fingerprint density at radius 3 is 2.64 bits per heavy atom. The predicted molar refractivity (Wildman–Crippen MR) is 52.8 cm³/mol. The quantitative estimate of drug-likeness (QED) is 0.684. The van der Waals surface area contributed by atoms with Crippen molar-refractivity contribution in [2.75, 3.05) is 13.2 Å². The lowest BCUT2D eigenvalue weighted by atomic mass is 9.94. The molecule has 1 aliphatic heterocycles. The zero-order valence-corrected chi connectivity index (χ0v) is 8.91. The zero-order valence-electron chi connectivity index (χ0n) is 8.91. The lowest BCUT2D eigenvalue weighted by Gasteiger charge is -2.25. The van der Waals surface area contributed by atoms with Gasteiger partial charge in [-0.2, -0.15) is 0 Å². The van der Waals surface area contributed by atoms with E-state index in [1.165, 1.54) is 0 Å². The molecule has 82 valence electrons. The Balaban J connectivity index is 2.46. The van der Waals surface area contributed by atoms with Crippen LogP contribution in [-0.2, 0) is 14.3 Å². The molecule has 1 saturated heterocycles. The number of rotatable bonds is 4. The number of hydrogen-bond donors (Lipinski definition) is 1. The summed E-state index contributed by atoms with van der Waals surface area (Å²) in [6, 6.07) is 0. The standard InChI is InChI=1S/C10H19NO3/c1-3-10(11,4-2)9(12)14-8-5-6-13-7-8/h8H,3-7,11H2,1-2H3. The van der Waals surface area contributed by atoms with Crippen LogP contribution in [0.2, 0.25) is 0 Å².